The van der Waals surface area contributed by atoms with Crippen molar-refractivity contribution in [2.24, 2.45) is 0 Å². The molecule has 1 fully saturated rings. The Morgan fingerprint density at radius 3 is 2.52 bits per heavy atom. The maximum atomic E-state index is 12.0. The van der Waals surface area contributed by atoms with Gasteiger partial charge < -0.3 is 15.0 Å². The van der Waals surface area contributed by atoms with Crippen molar-refractivity contribution in [2.75, 3.05) is 45.2 Å². The van der Waals surface area contributed by atoms with Gasteiger partial charge in [0.15, 0.2) is 0 Å². The van der Waals surface area contributed by atoms with Gasteiger partial charge in [-0.2, -0.15) is 0 Å². The molecule has 1 aliphatic heterocycles. The lowest BCUT2D eigenvalue weighted by Gasteiger charge is -2.38. The van der Waals surface area contributed by atoms with Crippen LogP contribution in [0.5, 0.6) is 5.75 Å². The van der Waals surface area contributed by atoms with Gasteiger partial charge >= 0.3 is 6.03 Å². The molecule has 0 aliphatic carbocycles. The molecule has 0 bridgehead atoms. The van der Waals surface area contributed by atoms with Gasteiger partial charge in [0.25, 0.3) is 0 Å². The molecular formula is C16H24N4O3. The number of urea groups is 1. The predicted molar refractivity (Wildman–Crippen MR) is 88.8 cm³/mol. The molecule has 1 heterocycles. The number of hydrogen-bond donors (Lipinski definition) is 2. The van der Waals surface area contributed by atoms with Gasteiger partial charge in [0, 0.05) is 45.0 Å². The highest BCUT2D eigenvalue weighted by Crippen LogP contribution is 2.22. The standard InChI is InChI=1S/C16H24N4O3/c1-12(15(21)18-16(22)17-2)19-7-9-20(10-8-19)13-5-4-6-14(11-13)23-3/h4-6,11-12H,7-10H2,1-3H3,(H2,17,18,21,22)/t12-/m0/s1. The third-order valence-electron chi connectivity index (χ3n) is 4.12. The molecule has 0 unspecified atom stereocenters. The third-order valence-corrected chi connectivity index (χ3v) is 4.12. The molecule has 1 saturated heterocycles. The second-order valence-corrected chi connectivity index (χ2v) is 5.47. The van der Waals surface area contributed by atoms with Crippen molar-refractivity contribution in [2.45, 2.75) is 13.0 Å². The van der Waals surface area contributed by atoms with Crippen molar-refractivity contribution in [1.29, 1.82) is 0 Å². The number of nitrogens with zero attached hydrogens (tertiary/aromatic N) is 2. The third kappa shape index (κ3) is 4.35. The molecule has 7 nitrogen and oxygen atoms in total. The number of methoxy groups -OCH3 is 1. The fourth-order valence-electron chi connectivity index (χ4n) is 2.62. The second-order valence-electron chi connectivity index (χ2n) is 5.47. The lowest BCUT2D eigenvalue weighted by atomic mass is 10.2. The summed E-state index contributed by atoms with van der Waals surface area (Å²) in [4.78, 5) is 27.6. The minimum atomic E-state index is -0.475. The highest BCUT2D eigenvalue weighted by atomic mass is 16.5. The van der Waals surface area contributed by atoms with E-state index in [4.69, 9.17) is 4.74 Å². The van der Waals surface area contributed by atoms with Crippen LogP contribution in [-0.4, -0.2) is 63.2 Å². The maximum absolute atomic E-state index is 12.0. The summed E-state index contributed by atoms with van der Waals surface area (Å²) in [5, 5.41) is 4.71. The first kappa shape index (κ1) is 17.1. The summed E-state index contributed by atoms with van der Waals surface area (Å²) in [5.74, 6) is 0.558. The molecule has 3 amide bonds. The van der Waals surface area contributed by atoms with Crippen LogP contribution >= 0.6 is 0 Å². The fraction of sp³-hybridized carbons (Fsp3) is 0.500. The first-order valence-electron chi connectivity index (χ1n) is 7.70. The molecule has 1 atom stereocenters. The van der Waals surface area contributed by atoms with Gasteiger partial charge in [0.05, 0.1) is 13.2 Å². The Balaban J connectivity index is 1.90. The number of anilines is 1. The van der Waals surface area contributed by atoms with Crippen LogP contribution in [0.15, 0.2) is 24.3 Å². The Morgan fingerprint density at radius 1 is 1.22 bits per heavy atom. The Kier molecular flexibility index (Phi) is 5.81. The van der Waals surface area contributed by atoms with Gasteiger partial charge in [0.1, 0.15) is 5.75 Å². The van der Waals surface area contributed by atoms with Crippen LogP contribution in [0.2, 0.25) is 0 Å². The lowest BCUT2D eigenvalue weighted by Crippen LogP contribution is -2.55. The minimum Gasteiger partial charge on any atom is -0.497 e. The number of nitrogens with one attached hydrogen (secondary N) is 2. The van der Waals surface area contributed by atoms with E-state index in [2.05, 4.69) is 26.5 Å². The number of imide groups is 1. The molecule has 1 aromatic carbocycles. The van der Waals surface area contributed by atoms with Crippen LogP contribution in [0.3, 0.4) is 0 Å². The van der Waals surface area contributed by atoms with Gasteiger partial charge in [-0.05, 0) is 19.1 Å². The Labute approximate surface area is 136 Å². The number of hydrogen-bond acceptors (Lipinski definition) is 5. The Hall–Kier alpha value is -2.28. The Bertz CT molecular complexity index is 556. The number of carbonyl (C=O) groups excluding carboxylic acids is 2. The number of piperazine rings is 1. The Morgan fingerprint density at radius 2 is 1.91 bits per heavy atom. The van der Waals surface area contributed by atoms with Crippen molar-refractivity contribution in [3.8, 4) is 5.75 Å². The highest BCUT2D eigenvalue weighted by molar-refractivity contribution is 5.96. The summed E-state index contributed by atoms with van der Waals surface area (Å²) < 4.78 is 5.26. The topological polar surface area (TPSA) is 73.9 Å². The molecule has 23 heavy (non-hydrogen) atoms. The zero-order valence-corrected chi connectivity index (χ0v) is 13.8. The molecule has 0 saturated carbocycles. The molecule has 2 N–H and O–H groups in total. The van der Waals surface area contributed by atoms with Crippen molar-refractivity contribution in [1.82, 2.24) is 15.5 Å². The summed E-state index contributed by atoms with van der Waals surface area (Å²) in [6.07, 6.45) is 0. The molecule has 1 aliphatic rings. The largest absolute Gasteiger partial charge is 0.497 e. The van der Waals surface area contributed by atoms with E-state index < -0.39 is 6.03 Å². The zero-order valence-electron chi connectivity index (χ0n) is 13.8. The summed E-state index contributed by atoms with van der Waals surface area (Å²) in [7, 11) is 3.14. The fourth-order valence-corrected chi connectivity index (χ4v) is 2.62. The highest BCUT2D eigenvalue weighted by Gasteiger charge is 2.26. The molecule has 7 heteroatoms. The normalized spacial score (nSPS) is 16.6. The average Bonchev–Trinajstić information content (AvgIpc) is 2.61. The first-order valence-corrected chi connectivity index (χ1v) is 7.70. The van der Waals surface area contributed by atoms with E-state index in [9.17, 15) is 9.59 Å². The molecule has 0 spiro atoms. The van der Waals surface area contributed by atoms with Crippen LogP contribution in [0.1, 0.15) is 6.92 Å². The van der Waals surface area contributed by atoms with E-state index in [0.717, 1.165) is 37.6 Å². The summed E-state index contributed by atoms with van der Waals surface area (Å²) >= 11 is 0. The first-order chi connectivity index (χ1) is 11.0. The summed E-state index contributed by atoms with van der Waals surface area (Å²) in [6, 6.07) is 7.15. The average molecular weight is 320 g/mol. The van der Waals surface area contributed by atoms with Gasteiger partial charge in [-0.3, -0.25) is 15.0 Å². The number of rotatable bonds is 4. The number of carbonyl (C=O) groups is 2. The quantitative estimate of drug-likeness (QED) is 0.853. The second kappa shape index (κ2) is 7.82. The van der Waals surface area contributed by atoms with Crippen LogP contribution in [0.25, 0.3) is 0 Å². The number of ether oxygens (including phenoxy) is 1. The monoisotopic (exact) mass is 320 g/mol. The lowest BCUT2D eigenvalue weighted by molar-refractivity contribution is -0.124. The molecule has 1 aromatic rings. The number of benzene rings is 1. The van der Waals surface area contributed by atoms with Gasteiger partial charge in [-0.1, -0.05) is 6.07 Å². The molecule has 126 valence electrons. The molecular weight excluding hydrogens is 296 g/mol. The van der Waals surface area contributed by atoms with Gasteiger partial charge in [-0.15, -0.1) is 0 Å². The SMILES string of the molecule is CNC(=O)NC(=O)[C@H](C)N1CCN(c2cccc(OC)c2)CC1. The molecule has 2 rings (SSSR count). The van der Waals surface area contributed by atoms with E-state index in [1.165, 1.54) is 7.05 Å². The maximum Gasteiger partial charge on any atom is 0.321 e. The van der Waals surface area contributed by atoms with E-state index in [-0.39, 0.29) is 11.9 Å². The van der Waals surface area contributed by atoms with Crippen molar-refractivity contribution in [3.05, 3.63) is 24.3 Å². The molecule has 0 aromatic heterocycles. The number of amides is 3. The smallest absolute Gasteiger partial charge is 0.321 e. The van der Waals surface area contributed by atoms with Crippen molar-refractivity contribution < 1.29 is 14.3 Å². The molecule has 0 radical (unpaired) electrons. The van der Waals surface area contributed by atoms with Crippen LogP contribution in [0, 0.1) is 0 Å². The van der Waals surface area contributed by atoms with Crippen LogP contribution < -0.4 is 20.3 Å². The minimum absolute atomic E-state index is 0.279. The summed E-state index contributed by atoms with van der Waals surface area (Å²) in [5.41, 5.74) is 1.12. The zero-order chi connectivity index (χ0) is 16.8. The summed E-state index contributed by atoms with van der Waals surface area (Å²) in [6.45, 7) is 4.99. The van der Waals surface area contributed by atoms with Gasteiger partial charge in [-0.25, -0.2) is 4.79 Å². The van der Waals surface area contributed by atoms with E-state index in [1.54, 1.807) is 7.11 Å². The van der Waals surface area contributed by atoms with Gasteiger partial charge in [0.2, 0.25) is 5.91 Å². The van der Waals surface area contributed by atoms with E-state index in [1.807, 2.05) is 25.1 Å². The van der Waals surface area contributed by atoms with Crippen molar-refractivity contribution >= 4 is 17.6 Å². The van der Waals surface area contributed by atoms with Crippen molar-refractivity contribution in [3.63, 3.8) is 0 Å². The van der Waals surface area contributed by atoms with Crippen LogP contribution in [-0.2, 0) is 4.79 Å². The van der Waals surface area contributed by atoms with E-state index in [0.29, 0.717) is 0 Å². The van der Waals surface area contributed by atoms with Crippen LogP contribution in [0.4, 0.5) is 10.5 Å². The predicted octanol–water partition coefficient (Wildman–Crippen LogP) is 0.661. The van der Waals surface area contributed by atoms with E-state index >= 15 is 0 Å².